The maximum absolute atomic E-state index is 11.4. The summed E-state index contributed by atoms with van der Waals surface area (Å²) >= 11 is 6.03. The van der Waals surface area contributed by atoms with E-state index in [0.29, 0.717) is 31.1 Å². The number of piperidine rings is 1. The summed E-state index contributed by atoms with van der Waals surface area (Å²) in [5.41, 5.74) is 3.22. The molecule has 5 rings (SSSR count). The molecule has 38 heavy (non-hydrogen) atoms. The van der Waals surface area contributed by atoms with Gasteiger partial charge in [-0.2, -0.15) is 5.26 Å². The van der Waals surface area contributed by atoms with Crippen molar-refractivity contribution >= 4 is 17.2 Å². The van der Waals surface area contributed by atoms with Crippen LogP contribution < -0.4 is 4.74 Å². The summed E-state index contributed by atoms with van der Waals surface area (Å²) in [6.45, 7) is 5.84. The number of nitriles is 1. The zero-order chi connectivity index (χ0) is 26.9. The summed E-state index contributed by atoms with van der Waals surface area (Å²) in [6.07, 6.45) is 5.19. The zero-order valence-corrected chi connectivity index (χ0v) is 22.4. The smallest absolute Gasteiger partial charge is 0.131 e. The summed E-state index contributed by atoms with van der Waals surface area (Å²) in [7, 11) is 0. The second-order valence-corrected chi connectivity index (χ2v) is 11.1. The van der Waals surface area contributed by atoms with E-state index in [1.807, 2.05) is 36.4 Å². The minimum Gasteiger partial charge on any atom is -0.487 e. The quantitative estimate of drug-likeness (QED) is 0.459. The molecule has 2 aromatic carbocycles. The first-order valence-electron chi connectivity index (χ1n) is 12.9. The second kappa shape index (κ2) is 10.5. The number of fused-ring (bicyclic) bond motifs is 2. The number of nitrogens with zero attached hydrogens (tertiary/aromatic N) is 3. The van der Waals surface area contributed by atoms with E-state index in [1.54, 1.807) is 32.2 Å². The summed E-state index contributed by atoms with van der Waals surface area (Å²) in [5.74, 6) is 0.217. The molecule has 0 unspecified atom stereocenters. The molecule has 2 N–H and O–H groups in total. The molecule has 2 atom stereocenters. The van der Waals surface area contributed by atoms with Crippen LogP contribution in [0.25, 0.3) is 5.57 Å². The van der Waals surface area contributed by atoms with E-state index in [2.05, 4.69) is 28.1 Å². The predicted molar refractivity (Wildman–Crippen MR) is 147 cm³/mol. The normalized spacial score (nSPS) is 22.6. The highest BCUT2D eigenvalue weighted by Gasteiger charge is 2.43. The number of pyridine rings is 1. The third-order valence-electron chi connectivity index (χ3n) is 7.64. The molecule has 0 amide bonds. The minimum absolute atomic E-state index is 0.377. The lowest BCUT2D eigenvalue weighted by Gasteiger charge is -2.42. The molecule has 196 valence electrons. The van der Waals surface area contributed by atoms with Crippen molar-refractivity contribution in [3.63, 3.8) is 0 Å². The Morgan fingerprint density at radius 1 is 1.21 bits per heavy atom. The molecule has 0 aliphatic carbocycles. The van der Waals surface area contributed by atoms with Gasteiger partial charge >= 0.3 is 0 Å². The molecular formula is C31H32ClN3O3. The van der Waals surface area contributed by atoms with Crippen molar-refractivity contribution in [2.24, 2.45) is 5.92 Å². The third-order valence-corrected chi connectivity index (χ3v) is 7.89. The number of rotatable bonds is 5. The lowest BCUT2D eigenvalue weighted by Crippen LogP contribution is -2.49. The van der Waals surface area contributed by atoms with Crippen LogP contribution in [0.5, 0.6) is 5.75 Å². The Morgan fingerprint density at radius 2 is 2.00 bits per heavy atom. The van der Waals surface area contributed by atoms with Gasteiger partial charge in [0.1, 0.15) is 18.0 Å². The van der Waals surface area contributed by atoms with Gasteiger partial charge in [0.25, 0.3) is 0 Å². The van der Waals surface area contributed by atoms with Gasteiger partial charge in [0.05, 0.1) is 23.3 Å². The van der Waals surface area contributed by atoms with Gasteiger partial charge in [-0.15, -0.1) is 0 Å². The number of aromatic nitrogens is 1. The van der Waals surface area contributed by atoms with Crippen LogP contribution in [0.4, 0.5) is 0 Å². The Bertz CT molecular complexity index is 1390. The molecule has 7 heteroatoms. The van der Waals surface area contributed by atoms with Crippen molar-refractivity contribution < 1.29 is 14.9 Å². The van der Waals surface area contributed by atoms with Crippen molar-refractivity contribution in [3.8, 4) is 11.8 Å². The van der Waals surface area contributed by atoms with Crippen molar-refractivity contribution in [1.82, 2.24) is 9.88 Å². The van der Waals surface area contributed by atoms with Crippen molar-refractivity contribution in [1.29, 1.82) is 5.26 Å². The van der Waals surface area contributed by atoms with Gasteiger partial charge in [0.15, 0.2) is 0 Å². The van der Waals surface area contributed by atoms with Crippen LogP contribution in [0.1, 0.15) is 54.6 Å². The highest BCUT2D eigenvalue weighted by atomic mass is 35.5. The first-order chi connectivity index (χ1) is 18.2. The number of ether oxygens (including phenoxy) is 1. The van der Waals surface area contributed by atoms with E-state index >= 15 is 0 Å². The monoisotopic (exact) mass is 529 g/mol. The molecule has 3 aromatic rings. The van der Waals surface area contributed by atoms with E-state index in [9.17, 15) is 15.5 Å². The topological polar surface area (TPSA) is 89.6 Å². The fraction of sp³-hybridized carbons (Fsp3) is 0.355. The number of halogens is 1. The molecule has 1 fully saturated rings. The maximum atomic E-state index is 11.4. The van der Waals surface area contributed by atoms with Gasteiger partial charge in [-0.1, -0.05) is 41.9 Å². The SMILES string of the molecule is CC(C)(O)c1ccc2c(c1)C(=CCCN1CC[C@@](O)(c3ccc(Cl)cc3)[C@@H](C#N)C1)c1cccnc1CO2. The lowest BCUT2D eigenvalue weighted by molar-refractivity contribution is -0.0567. The third kappa shape index (κ3) is 5.21. The molecule has 0 bridgehead atoms. The molecule has 1 aromatic heterocycles. The second-order valence-electron chi connectivity index (χ2n) is 10.6. The fourth-order valence-corrected chi connectivity index (χ4v) is 5.51. The number of hydrogen-bond acceptors (Lipinski definition) is 6. The van der Waals surface area contributed by atoms with Crippen LogP contribution in [0, 0.1) is 17.2 Å². The van der Waals surface area contributed by atoms with E-state index in [0.717, 1.165) is 52.2 Å². The molecular weight excluding hydrogens is 498 g/mol. The number of hydrogen-bond donors (Lipinski definition) is 2. The molecule has 2 aliphatic rings. The first-order valence-corrected chi connectivity index (χ1v) is 13.3. The summed E-state index contributed by atoms with van der Waals surface area (Å²) in [4.78, 5) is 6.79. The number of benzene rings is 2. The Labute approximate surface area is 228 Å². The molecule has 1 saturated heterocycles. The van der Waals surface area contributed by atoms with Gasteiger partial charge in [-0.25, -0.2) is 0 Å². The zero-order valence-electron chi connectivity index (χ0n) is 21.7. The molecule has 0 radical (unpaired) electrons. The Hall–Kier alpha value is -3.21. The maximum Gasteiger partial charge on any atom is 0.131 e. The van der Waals surface area contributed by atoms with Gasteiger partial charge in [-0.3, -0.25) is 4.98 Å². The van der Waals surface area contributed by atoms with E-state index < -0.39 is 17.1 Å². The van der Waals surface area contributed by atoms with Crippen LogP contribution >= 0.6 is 11.6 Å². The predicted octanol–water partition coefficient (Wildman–Crippen LogP) is 5.41. The van der Waals surface area contributed by atoms with Crippen LogP contribution in [0.3, 0.4) is 0 Å². The Kier molecular flexibility index (Phi) is 7.30. The molecule has 0 spiro atoms. The molecule has 0 saturated carbocycles. The van der Waals surface area contributed by atoms with Gasteiger partial charge < -0.3 is 19.8 Å². The first kappa shape index (κ1) is 26.4. The van der Waals surface area contributed by atoms with Gasteiger partial charge in [0, 0.05) is 42.0 Å². The molecule has 6 nitrogen and oxygen atoms in total. The van der Waals surface area contributed by atoms with Crippen molar-refractivity contribution in [2.75, 3.05) is 19.6 Å². The standard InChI is InChI=1S/C31H32ClN3O3/c1-30(2,36)22-9-12-29-27(17-22)25(26-5-3-14-34-28(26)20-38-29)6-4-15-35-16-13-31(37,23(18-33)19-35)21-7-10-24(32)11-8-21/h3,5-12,14,17,23,36-37H,4,13,15-16,19-20H2,1-2H3/t23-,31+/m0/s1. The van der Waals surface area contributed by atoms with Crippen LogP contribution in [-0.4, -0.2) is 39.7 Å². The van der Waals surface area contributed by atoms with Crippen molar-refractivity contribution in [3.05, 3.63) is 99.8 Å². The van der Waals surface area contributed by atoms with Gasteiger partial charge in [-0.05, 0) is 73.7 Å². The summed E-state index contributed by atoms with van der Waals surface area (Å²) < 4.78 is 6.10. The highest BCUT2D eigenvalue weighted by Crippen LogP contribution is 2.40. The number of aliphatic hydroxyl groups is 2. The average Bonchev–Trinajstić information content (AvgIpc) is 3.06. The number of likely N-dealkylation sites (tertiary alicyclic amines) is 1. The van der Waals surface area contributed by atoms with E-state index in [4.69, 9.17) is 16.3 Å². The highest BCUT2D eigenvalue weighted by molar-refractivity contribution is 6.30. The lowest BCUT2D eigenvalue weighted by atomic mass is 9.76. The largest absolute Gasteiger partial charge is 0.487 e. The van der Waals surface area contributed by atoms with Crippen LogP contribution in [0.15, 0.2) is 66.9 Å². The average molecular weight is 530 g/mol. The molecule has 2 aliphatic heterocycles. The fourth-order valence-electron chi connectivity index (χ4n) is 5.39. The van der Waals surface area contributed by atoms with Gasteiger partial charge in [0.2, 0.25) is 0 Å². The van der Waals surface area contributed by atoms with Crippen LogP contribution in [0.2, 0.25) is 5.02 Å². The van der Waals surface area contributed by atoms with E-state index in [1.165, 1.54) is 0 Å². The van der Waals surface area contributed by atoms with Crippen LogP contribution in [-0.2, 0) is 17.8 Å². The Balaban J connectivity index is 1.39. The minimum atomic E-state index is -1.19. The Morgan fingerprint density at radius 3 is 2.74 bits per heavy atom. The molecule has 3 heterocycles. The van der Waals surface area contributed by atoms with E-state index in [-0.39, 0.29) is 0 Å². The summed E-state index contributed by atoms with van der Waals surface area (Å²) in [6, 6.07) is 19.3. The summed E-state index contributed by atoms with van der Waals surface area (Å²) in [5, 5.41) is 32.6. The van der Waals surface area contributed by atoms with Crippen molar-refractivity contribution in [2.45, 2.75) is 44.5 Å².